The zero-order chi connectivity index (χ0) is 41.8. The quantitative estimate of drug-likeness (QED) is 0.0539. The standard InChI is InChI=1S/C50H99N3O3/c1-9-12-14-16-18-20-22-24-26-28-30-32-34-36-38-40-46(54)51-43-45(48(56)53-50(7,8)49(5,6)42-44(4)11-3)52-47(55)41-39-37-35-33-31-29-27-25-23-21-19-17-15-13-10-2/h44-45H,9-43H2,1-8H3,(H,51,54)(H,52,55)(H,53,56). The molecular formula is C50H99N3O3. The fourth-order valence-corrected chi connectivity index (χ4v) is 7.93. The zero-order valence-corrected chi connectivity index (χ0v) is 39.1. The van der Waals surface area contributed by atoms with E-state index in [9.17, 15) is 14.4 Å². The van der Waals surface area contributed by atoms with Crippen molar-refractivity contribution in [2.45, 2.75) is 285 Å². The van der Waals surface area contributed by atoms with Gasteiger partial charge in [-0.25, -0.2) is 0 Å². The topological polar surface area (TPSA) is 87.3 Å². The summed E-state index contributed by atoms with van der Waals surface area (Å²) >= 11 is 0. The van der Waals surface area contributed by atoms with Crippen molar-refractivity contribution < 1.29 is 14.4 Å². The number of carbonyl (C=O) groups is 3. The van der Waals surface area contributed by atoms with Crippen molar-refractivity contribution >= 4 is 17.7 Å². The van der Waals surface area contributed by atoms with Gasteiger partial charge in [0.1, 0.15) is 6.04 Å². The normalized spacial score (nSPS) is 13.1. The molecule has 0 aromatic rings. The Bertz CT molecular complexity index is 933. The van der Waals surface area contributed by atoms with E-state index in [2.05, 4.69) is 71.3 Å². The van der Waals surface area contributed by atoms with E-state index in [0.29, 0.717) is 18.8 Å². The molecule has 0 fully saturated rings. The van der Waals surface area contributed by atoms with Gasteiger partial charge in [-0.1, -0.05) is 228 Å². The third kappa shape index (κ3) is 31.4. The van der Waals surface area contributed by atoms with Gasteiger partial charge in [0, 0.05) is 24.9 Å². The van der Waals surface area contributed by atoms with Crippen LogP contribution in [0, 0.1) is 11.3 Å². The third-order valence-corrected chi connectivity index (χ3v) is 12.9. The van der Waals surface area contributed by atoms with Crippen LogP contribution in [0.25, 0.3) is 0 Å². The first-order valence-corrected chi connectivity index (χ1v) is 24.8. The number of nitrogens with one attached hydrogen (secondary N) is 3. The second kappa shape index (κ2) is 36.5. The minimum atomic E-state index is -0.789. The summed E-state index contributed by atoms with van der Waals surface area (Å²) in [6.07, 6.45) is 41.7. The predicted octanol–water partition coefficient (Wildman–Crippen LogP) is 14.5. The van der Waals surface area contributed by atoms with Gasteiger partial charge in [0.05, 0.1) is 0 Å². The van der Waals surface area contributed by atoms with Gasteiger partial charge in [0.15, 0.2) is 0 Å². The Hall–Kier alpha value is -1.59. The lowest BCUT2D eigenvalue weighted by molar-refractivity contribution is -0.131. The molecule has 2 unspecified atom stereocenters. The van der Waals surface area contributed by atoms with Crippen LogP contribution in [-0.2, 0) is 14.4 Å². The molecule has 0 radical (unpaired) electrons. The molecule has 0 aromatic carbocycles. The molecule has 0 heterocycles. The molecular weight excluding hydrogens is 691 g/mol. The van der Waals surface area contributed by atoms with E-state index in [4.69, 9.17) is 0 Å². The molecule has 0 spiro atoms. The van der Waals surface area contributed by atoms with Crippen molar-refractivity contribution in [3.05, 3.63) is 0 Å². The summed E-state index contributed by atoms with van der Waals surface area (Å²) in [6.45, 7) is 17.7. The molecule has 0 aliphatic rings. The van der Waals surface area contributed by atoms with Gasteiger partial charge in [-0.3, -0.25) is 14.4 Å². The van der Waals surface area contributed by atoms with E-state index in [-0.39, 0.29) is 29.7 Å². The van der Waals surface area contributed by atoms with Gasteiger partial charge in [-0.2, -0.15) is 0 Å². The minimum Gasteiger partial charge on any atom is -0.353 e. The molecule has 332 valence electrons. The Morgan fingerprint density at radius 2 is 0.786 bits per heavy atom. The van der Waals surface area contributed by atoms with E-state index in [1.54, 1.807) is 0 Å². The lowest BCUT2D eigenvalue weighted by Gasteiger charge is -2.44. The summed E-state index contributed by atoms with van der Waals surface area (Å²) in [5.74, 6) is 0.189. The molecule has 6 nitrogen and oxygen atoms in total. The SMILES string of the molecule is CCCCCCCCCCCCCCCCCC(=O)NCC(NC(=O)CCCCCCCCCCCCCCCCC)C(=O)NC(C)(C)C(C)(C)CC(C)CC. The van der Waals surface area contributed by atoms with Gasteiger partial charge in [-0.15, -0.1) is 0 Å². The molecule has 3 amide bonds. The molecule has 0 rings (SSSR count). The summed E-state index contributed by atoms with van der Waals surface area (Å²) < 4.78 is 0. The highest BCUT2D eigenvalue weighted by molar-refractivity contribution is 5.89. The van der Waals surface area contributed by atoms with Crippen LogP contribution in [0.4, 0.5) is 0 Å². The number of hydrogen-bond acceptors (Lipinski definition) is 3. The largest absolute Gasteiger partial charge is 0.353 e. The second-order valence-corrected chi connectivity index (χ2v) is 19.0. The first-order chi connectivity index (χ1) is 26.9. The van der Waals surface area contributed by atoms with Crippen LogP contribution in [-0.4, -0.2) is 35.8 Å². The summed E-state index contributed by atoms with van der Waals surface area (Å²) in [6, 6.07) is -0.789. The van der Waals surface area contributed by atoms with Gasteiger partial charge in [-0.05, 0) is 44.4 Å². The van der Waals surface area contributed by atoms with Crippen LogP contribution in [0.15, 0.2) is 0 Å². The highest BCUT2D eigenvalue weighted by Gasteiger charge is 2.40. The van der Waals surface area contributed by atoms with E-state index < -0.39 is 11.6 Å². The molecule has 0 bridgehead atoms. The Morgan fingerprint density at radius 1 is 0.464 bits per heavy atom. The van der Waals surface area contributed by atoms with Crippen molar-refractivity contribution in [2.75, 3.05) is 6.54 Å². The Morgan fingerprint density at radius 3 is 1.12 bits per heavy atom. The van der Waals surface area contributed by atoms with Crippen LogP contribution < -0.4 is 16.0 Å². The Balaban J connectivity index is 4.58. The van der Waals surface area contributed by atoms with Crippen LogP contribution in [0.1, 0.15) is 274 Å². The van der Waals surface area contributed by atoms with Crippen LogP contribution in [0.2, 0.25) is 0 Å². The highest BCUT2D eigenvalue weighted by atomic mass is 16.2. The first-order valence-electron chi connectivity index (χ1n) is 24.8. The number of amides is 3. The number of hydrogen-bond donors (Lipinski definition) is 3. The first kappa shape index (κ1) is 54.4. The lowest BCUT2D eigenvalue weighted by Crippen LogP contribution is -2.61. The summed E-state index contributed by atoms with van der Waals surface area (Å²) in [4.78, 5) is 39.7. The maximum Gasteiger partial charge on any atom is 0.244 e. The second-order valence-electron chi connectivity index (χ2n) is 19.0. The van der Waals surface area contributed by atoms with E-state index >= 15 is 0 Å². The van der Waals surface area contributed by atoms with Gasteiger partial charge in [0.2, 0.25) is 17.7 Å². The van der Waals surface area contributed by atoms with Crippen molar-refractivity contribution in [1.82, 2.24) is 16.0 Å². The molecule has 0 saturated carbocycles. The molecule has 0 aromatic heterocycles. The molecule has 0 aliphatic heterocycles. The smallest absolute Gasteiger partial charge is 0.244 e. The van der Waals surface area contributed by atoms with Crippen molar-refractivity contribution in [3.8, 4) is 0 Å². The highest BCUT2D eigenvalue weighted by Crippen LogP contribution is 2.37. The van der Waals surface area contributed by atoms with Crippen molar-refractivity contribution in [2.24, 2.45) is 11.3 Å². The molecule has 2 atom stereocenters. The van der Waals surface area contributed by atoms with Crippen LogP contribution in [0.5, 0.6) is 0 Å². The van der Waals surface area contributed by atoms with Gasteiger partial charge < -0.3 is 16.0 Å². The Kier molecular flexibility index (Phi) is 35.5. The van der Waals surface area contributed by atoms with Crippen LogP contribution in [0.3, 0.4) is 0 Å². The average molecular weight is 790 g/mol. The third-order valence-electron chi connectivity index (χ3n) is 12.9. The minimum absolute atomic E-state index is 0.0366. The molecule has 0 aliphatic carbocycles. The van der Waals surface area contributed by atoms with E-state index in [0.717, 1.165) is 44.9 Å². The fraction of sp³-hybridized carbons (Fsp3) is 0.940. The van der Waals surface area contributed by atoms with Crippen molar-refractivity contribution in [3.63, 3.8) is 0 Å². The number of rotatable bonds is 41. The monoisotopic (exact) mass is 790 g/mol. The summed E-state index contributed by atoms with van der Waals surface area (Å²) in [5.41, 5.74) is -0.625. The average Bonchev–Trinajstić information content (AvgIpc) is 3.15. The molecule has 3 N–H and O–H groups in total. The molecule has 0 saturated heterocycles. The van der Waals surface area contributed by atoms with Crippen molar-refractivity contribution in [1.29, 1.82) is 0 Å². The van der Waals surface area contributed by atoms with E-state index in [1.165, 1.54) is 161 Å². The molecule has 6 heteroatoms. The fourth-order valence-electron chi connectivity index (χ4n) is 7.93. The predicted molar refractivity (Wildman–Crippen MR) is 244 cm³/mol. The maximum atomic E-state index is 13.8. The van der Waals surface area contributed by atoms with Gasteiger partial charge in [0.25, 0.3) is 0 Å². The Labute approximate surface area is 350 Å². The lowest BCUT2D eigenvalue weighted by atomic mass is 9.69. The number of unbranched alkanes of at least 4 members (excludes halogenated alkanes) is 28. The number of carbonyl (C=O) groups excluding carboxylic acids is 3. The molecule has 56 heavy (non-hydrogen) atoms. The van der Waals surface area contributed by atoms with E-state index in [1.807, 2.05) is 0 Å². The van der Waals surface area contributed by atoms with Crippen LogP contribution >= 0.6 is 0 Å². The van der Waals surface area contributed by atoms with Gasteiger partial charge >= 0.3 is 0 Å². The maximum absolute atomic E-state index is 13.8. The zero-order valence-electron chi connectivity index (χ0n) is 39.1. The summed E-state index contributed by atoms with van der Waals surface area (Å²) in [5, 5.41) is 9.27. The summed E-state index contributed by atoms with van der Waals surface area (Å²) in [7, 11) is 0.